The minimum atomic E-state index is -3.81. The second kappa shape index (κ2) is 12.0. The van der Waals surface area contributed by atoms with Crippen molar-refractivity contribution in [3.8, 4) is 0 Å². The maximum atomic E-state index is 14.0. The molecule has 3 aromatic carbocycles. The number of rotatable bonds is 10. The van der Waals surface area contributed by atoms with Crippen LogP contribution in [0, 0.1) is 6.92 Å². The van der Waals surface area contributed by atoms with E-state index >= 15 is 0 Å². The van der Waals surface area contributed by atoms with Crippen molar-refractivity contribution in [2.75, 3.05) is 17.1 Å². The molecule has 1 saturated carbocycles. The number of nitrogens with one attached hydrogen (secondary N) is 1. The number of fused-ring (bicyclic) bond motifs is 1. The summed E-state index contributed by atoms with van der Waals surface area (Å²) in [5, 5.41) is 4.76. The maximum Gasteiger partial charge on any atom is 0.244 e. The van der Waals surface area contributed by atoms with Crippen LogP contribution in [0.2, 0.25) is 0 Å². The van der Waals surface area contributed by atoms with Gasteiger partial charge in [-0.15, -0.1) is 0 Å². The molecule has 7 nitrogen and oxygen atoms in total. The third kappa shape index (κ3) is 6.35. The molecule has 1 aliphatic carbocycles. The van der Waals surface area contributed by atoms with Crippen molar-refractivity contribution in [2.24, 2.45) is 0 Å². The Hall–Kier alpha value is -3.39. The van der Waals surface area contributed by atoms with Gasteiger partial charge in [0.2, 0.25) is 21.8 Å². The number of aryl methyl sites for hydroxylation is 1. The Kier molecular flexibility index (Phi) is 8.72. The quantitative estimate of drug-likeness (QED) is 0.405. The number of amides is 2. The Morgan fingerprint density at radius 2 is 1.63 bits per heavy atom. The topological polar surface area (TPSA) is 86.8 Å². The maximum absolute atomic E-state index is 14.0. The molecule has 8 heteroatoms. The normalized spacial score (nSPS) is 14.8. The molecule has 1 fully saturated rings. The van der Waals surface area contributed by atoms with Crippen LogP contribution in [0.1, 0.15) is 50.2 Å². The highest BCUT2D eigenvalue weighted by Crippen LogP contribution is 2.29. The van der Waals surface area contributed by atoms with Gasteiger partial charge in [-0.25, -0.2) is 8.42 Å². The summed E-state index contributed by atoms with van der Waals surface area (Å²) in [4.78, 5) is 29.0. The van der Waals surface area contributed by atoms with E-state index in [4.69, 9.17) is 0 Å². The number of carbonyl (C=O) groups excluding carboxylic acids is 2. The summed E-state index contributed by atoms with van der Waals surface area (Å²) >= 11 is 0. The second-order valence-corrected chi connectivity index (χ2v) is 12.0. The van der Waals surface area contributed by atoms with Gasteiger partial charge in [-0.1, -0.05) is 80.4 Å². The highest BCUT2D eigenvalue weighted by Gasteiger charge is 2.33. The van der Waals surface area contributed by atoms with Crippen molar-refractivity contribution in [1.29, 1.82) is 0 Å². The predicted molar refractivity (Wildman–Crippen MR) is 152 cm³/mol. The van der Waals surface area contributed by atoms with E-state index in [1.807, 2.05) is 68.4 Å². The van der Waals surface area contributed by atoms with Crippen LogP contribution in [-0.4, -0.2) is 50.0 Å². The Labute approximate surface area is 225 Å². The Balaban J connectivity index is 1.69. The van der Waals surface area contributed by atoms with Crippen molar-refractivity contribution in [1.82, 2.24) is 10.2 Å². The summed E-state index contributed by atoms with van der Waals surface area (Å²) in [6, 6.07) is 20.1. The van der Waals surface area contributed by atoms with Crippen LogP contribution in [-0.2, 0) is 26.2 Å². The third-order valence-electron chi connectivity index (χ3n) is 7.40. The van der Waals surface area contributed by atoms with Crippen LogP contribution in [0.5, 0.6) is 0 Å². The smallest absolute Gasteiger partial charge is 0.244 e. The third-order valence-corrected chi connectivity index (χ3v) is 8.53. The Morgan fingerprint density at radius 3 is 2.32 bits per heavy atom. The first-order valence-electron chi connectivity index (χ1n) is 13.3. The van der Waals surface area contributed by atoms with E-state index in [9.17, 15) is 18.0 Å². The molecule has 0 heterocycles. The average molecular weight is 536 g/mol. The van der Waals surface area contributed by atoms with Crippen molar-refractivity contribution in [3.05, 3.63) is 77.9 Å². The molecule has 0 radical (unpaired) electrons. The standard InChI is InChI=1S/C30H37N3O4S/c1-4-27(30(35)31-25-16-8-9-17-25)32(20-24-14-6-5-12-22(24)2)29(34)21-33(38(3,36)37)28-19-11-15-23-13-7-10-18-26(23)28/h5-7,10-15,18-19,25,27H,4,8-9,16-17,20-21H2,1-3H3,(H,31,35)/t27-/m0/s1. The average Bonchev–Trinajstić information content (AvgIpc) is 3.40. The SMILES string of the molecule is CC[C@@H](C(=O)NC1CCCC1)N(Cc1ccccc1C)C(=O)CN(c1cccc2ccccc12)S(C)(=O)=O. The van der Waals surface area contributed by atoms with Gasteiger partial charge in [0.15, 0.2) is 0 Å². The summed E-state index contributed by atoms with van der Waals surface area (Å²) in [5.41, 5.74) is 2.37. The lowest BCUT2D eigenvalue weighted by atomic mass is 10.1. The fourth-order valence-corrected chi connectivity index (χ4v) is 6.14. The highest BCUT2D eigenvalue weighted by atomic mass is 32.2. The van der Waals surface area contributed by atoms with Gasteiger partial charge in [-0.05, 0) is 48.8 Å². The monoisotopic (exact) mass is 535 g/mol. The molecule has 0 aromatic heterocycles. The summed E-state index contributed by atoms with van der Waals surface area (Å²) < 4.78 is 27.2. The molecule has 0 saturated heterocycles. The van der Waals surface area contributed by atoms with E-state index in [-0.39, 0.29) is 18.5 Å². The Bertz CT molecular complexity index is 1390. The molecule has 1 atom stereocenters. The highest BCUT2D eigenvalue weighted by molar-refractivity contribution is 7.92. The van der Waals surface area contributed by atoms with Gasteiger partial charge >= 0.3 is 0 Å². The van der Waals surface area contributed by atoms with Gasteiger partial charge in [-0.2, -0.15) is 0 Å². The van der Waals surface area contributed by atoms with Crippen LogP contribution in [0.15, 0.2) is 66.7 Å². The first kappa shape index (κ1) is 27.6. The summed E-state index contributed by atoms with van der Waals surface area (Å²) in [7, 11) is -3.81. The molecule has 0 spiro atoms. The molecular weight excluding hydrogens is 498 g/mol. The number of sulfonamides is 1. The fourth-order valence-electron chi connectivity index (χ4n) is 5.28. The minimum absolute atomic E-state index is 0.121. The Morgan fingerprint density at radius 1 is 0.974 bits per heavy atom. The van der Waals surface area contributed by atoms with Crippen molar-refractivity contribution >= 4 is 38.3 Å². The second-order valence-electron chi connectivity index (χ2n) is 10.1. The number of benzene rings is 3. The van der Waals surface area contributed by atoms with Crippen molar-refractivity contribution in [2.45, 2.75) is 64.6 Å². The van der Waals surface area contributed by atoms with Gasteiger partial charge in [0.1, 0.15) is 12.6 Å². The summed E-state index contributed by atoms with van der Waals surface area (Å²) in [6.07, 6.45) is 5.58. The zero-order valence-electron chi connectivity index (χ0n) is 22.4. The zero-order valence-corrected chi connectivity index (χ0v) is 23.2. The van der Waals surface area contributed by atoms with Gasteiger partial charge in [-0.3, -0.25) is 13.9 Å². The van der Waals surface area contributed by atoms with Crippen LogP contribution >= 0.6 is 0 Å². The largest absolute Gasteiger partial charge is 0.352 e. The van der Waals surface area contributed by atoms with E-state index in [0.29, 0.717) is 12.1 Å². The van der Waals surface area contributed by atoms with E-state index in [2.05, 4.69) is 5.32 Å². The van der Waals surface area contributed by atoms with E-state index in [1.54, 1.807) is 17.0 Å². The van der Waals surface area contributed by atoms with Crippen LogP contribution in [0.25, 0.3) is 10.8 Å². The molecule has 1 N–H and O–H groups in total. The first-order valence-corrected chi connectivity index (χ1v) is 15.1. The lowest BCUT2D eigenvalue weighted by Gasteiger charge is -2.34. The van der Waals surface area contributed by atoms with Gasteiger partial charge in [0.05, 0.1) is 11.9 Å². The number of anilines is 1. The molecule has 0 unspecified atom stereocenters. The number of nitrogens with zero attached hydrogens (tertiary/aromatic N) is 2. The molecule has 3 aromatic rings. The number of carbonyl (C=O) groups is 2. The van der Waals surface area contributed by atoms with Gasteiger partial charge in [0, 0.05) is 18.0 Å². The number of hydrogen-bond donors (Lipinski definition) is 1. The van der Waals surface area contributed by atoms with E-state index < -0.39 is 28.5 Å². The molecule has 0 aliphatic heterocycles. The minimum Gasteiger partial charge on any atom is -0.352 e. The van der Waals surface area contributed by atoms with Crippen molar-refractivity contribution in [3.63, 3.8) is 0 Å². The molecule has 202 valence electrons. The lowest BCUT2D eigenvalue weighted by Crippen LogP contribution is -2.53. The number of hydrogen-bond acceptors (Lipinski definition) is 4. The molecule has 38 heavy (non-hydrogen) atoms. The predicted octanol–water partition coefficient (Wildman–Crippen LogP) is 4.78. The molecule has 4 rings (SSSR count). The molecule has 2 amide bonds. The molecule has 0 bridgehead atoms. The van der Waals surface area contributed by atoms with Gasteiger partial charge in [0.25, 0.3) is 0 Å². The summed E-state index contributed by atoms with van der Waals surface area (Å²) in [5.74, 6) is -0.600. The molecular formula is C30H37N3O4S. The van der Waals surface area contributed by atoms with Gasteiger partial charge < -0.3 is 10.2 Å². The lowest BCUT2D eigenvalue weighted by molar-refractivity contribution is -0.140. The first-order chi connectivity index (χ1) is 18.2. The summed E-state index contributed by atoms with van der Waals surface area (Å²) in [6.45, 7) is 3.67. The van der Waals surface area contributed by atoms with Crippen LogP contribution in [0.4, 0.5) is 5.69 Å². The van der Waals surface area contributed by atoms with Crippen molar-refractivity contribution < 1.29 is 18.0 Å². The van der Waals surface area contributed by atoms with E-state index in [0.717, 1.165) is 58.1 Å². The zero-order chi connectivity index (χ0) is 27.3. The van der Waals surface area contributed by atoms with Crippen LogP contribution < -0.4 is 9.62 Å². The van der Waals surface area contributed by atoms with E-state index in [1.165, 1.54) is 0 Å². The van der Waals surface area contributed by atoms with Crippen LogP contribution in [0.3, 0.4) is 0 Å². The molecule has 1 aliphatic rings. The fraction of sp³-hybridized carbons (Fsp3) is 0.400.